The Morgan fingerprint density at radius 1 is 0.895 bits per heavy atom. The molecule has 2 aromatic rings. The average molecular weight is 319 g/mol. The maximum absolute atomic E-state index is 11.9. The van der Waals surface area contributed by atoms with Crippen LogP contribution in [0.2, 0.25) is 0 Å². The average Bonchev–Trinajstić information content (AvgIpc) is 2.83. The first-order valence-electron chi connectivity index (χ1n) is 5.90. The number of hydrogen-bond acceptors (Lipinski definition) is 3. The minimum Gasteiger partial charge on any atom is -0.429 e. The maximum Gasteiger partial charge on any atom is 0.342 e. The summed E-state index contributed by atoms with van der Waals surface area (Å²) in [6, 6.07) is 16.9. The molecular formula is C15H11BrO3. The Hall–Kier alpha value is -1.65. The number of ether oxygens (including phenoxy) is 2. The zero-order valence-electron chi connectivity index (χ0n) is 9.95. The maximum atomic E-state index is 11.9. The van der Waals surface area contributed by atoms with Gasteiger partial charge in [-0.1, -0.05) is 58.4 Å². The van der Waals surface area contributed by atoms with Gasteiger partial charge in [0, 0.05) is 10.0 Å². The lowest BCUT2D eigenvalue weighted by Crippen LogP contribution is -2.06. The van der Waals surface area contributed by atoms with Crippen LogP contribution in [-0.4, -0.2) is 5.97 Å². The molecule has 0 spiro atoms. The molecule has 2 unspecified atom stereocenters. The van der Waals surface area contributed by atoms with Crippen LogP contribution >= 0.6 is 15.9 Å². The van der Waals surface area contributed by atoms with E-state index in [1.54, 1.807) is 0 Å². The van der Waals surface area contributed by atoms with Crippen molar-refractivity contribution in [2.24, 2.45) is 0 Å². The number of carbonyl (C=O) groups excluding carboxylic acids is 1. The number of cyclic esters (lactones) is 1. The topological polar surface area (TPSA) is 35.5 Å². The van der Waals surface area contributed by atoms with Crippen molar-refractivity contribution in [1.82, 2.24) is 0 Å². The van der Waals surface area contributed by atoms with Gasteiger partial charge in [-0.15, -0.1) is 0 Å². The zero-order chi connectivity index (χ0) is 13.2. The van der Waals surface area contributed by atoms with E-state index < -0.39 is 12.4 Å². The quantitative estimate of drug-likeness (QED) is 0.791. The summed E-state index contributed by atoms with van der Waals surface area (Å²) in [6.45, 7) is 0. The van der Waals surface area contributed by atoms with Crippen LogP contribution in [0.5, 0.6) is 0 Å². The molecule has 0 amide bonds. The molecule has 0 aromatic heterocycles. The smallest absolute Gasteiger partial charge is 0.342 e. The van der Waals surface area contributed by atoms with Crippen molar-refractivity contribution in [3.63, 3.8) is 0 Å². The number of benzene rings is 2. The van der Waals surface area contributed by atoms with Gasteiger partial charge in [0.1, 0.15) is 0 Å². The molecule has 0 radical (unpaired) electrons. The molecule has 0 bridgehead atoms. The number of halogens is 1. The summed E-state index contributed by atoms with van der Waals surface area (Å²) in [6.07, 6.45) is -1.28. The van der Waals surface area contributed by atoms with E-state index in [1.807, 2.05) is 54.6 Å². The van der Waals surface area contributed by atoms with Crippen LogP contribution in [-0.2, 0) is 14.3 Å². The second-order valence-corrected chi connectivity index (χ2v) is 5.16. The number of carbonyl (C=O) groups is 1. The highest BCUT2D eigenvalue weighted by Crippen LogP contribution is 2.36. The van der Waals surface area contributed by atoms with Gasteiger partial charge in [-0.05, 0) is 17.7 Å². The van der Waals surface area contributed by atoms with Crippen LogP contribution in [0.15, 0.2) is 59.1 Å². The lowest BCUT2D eigenvalue weighted by atomic mass is 10.1. The molecule has 3 rings (SSSR count). The third kappa shape index (κ3) is 2.55. The zero-order valence-corrected chi connectivity index (χ0v) is 11.5. The minimum absolute atomic E-state index is 0.348. The first-order chi connectivity index (χ1) is 9.24. The van der Waals surface area contributed by atoms with Gasteiger partial charge in [0.05, 0.1) is 0 Å². The van der Waals surface area contributed by atoms with Crippen molar-refractivity contribution in [3.8, 4) is 0 Å². The largest absolute Gasteiger partial charge is 0.429 e. The predicted octanol–water partition coefficient (Wildman–Crippen LogP) is 3.76. The molecule has 2 aromatic carbocycles. The summed E-state index contributed by atoms with van der Waals surface area (Å²) in [7, 11) is 0. The van der Waals surface area contributed by atoms with Crippen molar-refractivity contribution in [2.45, 2.75) is 12.4 Å². The van der Waals surface area contributed by atoms with Gasteiger partial charge >= 0.3 is 5.97 Å². The van der Waals surface area contributed by atoms with Crippen LogP contribution in [0.25, 0.3) is 0 Å². The van der Waals surface area contributed by atoms with Crippen LogP contribution in [0, 0.1) is 0 Å². The molecule has 4 heteroatoms. The third-order valence-corrected chi connectivity index (χ3v) is 3.47. The predicted molar refractivity (Wildman–Crippen MR) is 73.2 cm³/mol. The van der Waals surface area contributed by atoms with Crippen molar-refractivity contribution in [3.05, 3.63) is 70.2 Å². The van der Waals surface area contributed by atoms with E-state index in [-0.39, 0.29) is 5.97 Å². The van der Waals surface area contributed by atoms with Crippen LogP contribution in [0.1, 0.15) is 23.5 Å². The fourth-order valence-electron chi connectivity index (χ4n) is 1.98. The molecule has 0 saturated carbocycles. The van der Waals surface area contributed by atoms with E-state index in [9.17, 15) is 4.79 Å². The summed E-state index contributed by atoms with van der Waals surface area (Å²) in [4.78, 5) is 11.9. The Morgan fingerprint density at radius 3 is 2.26 bits per heavy atom. The molecule has 3 nitrogen and oxygen atoms in total. The van der Waals surface area contributed by atoms with Gasteiger partial charge in [-0.2, -0.15) is 0 Å². The Bertz CT molecular complexity index is 580. The normalized spacial score (nSPS) is 22.3. The molecule has 0 N–H and O–H groups in total. The Morgan fingerprint density at radius 2 is 1.58 bits per heavy atom. The van der Waals surface area contributed by atoms with Crippen molar-refractivity contribution in [1.29, 1.82) is 0 Å². The number of rotatable bonds is 2. The molecule has 1 heterocycles. The lowest BCUT2D eigenvalue weighted by Gasteiger charge is -2.09. The van der Waals surface area contributed by atoms with E-state index in [2.05, 4.69) is 15.9 Å². The first kappa shape index (κ1) is 12.4. The summed E-state index contributed by atoms with van der Waals surface area (Å²) in [5.41, 5.74) is 1.64. The van der Waals surface area contributed by atoms with E-state index in [1.165, 1.54) is 0 Å². The fourth-order valence-corrected chi connectivity index (χ4v) is 2.25. The fraction of sp³-hybridized carbons (Fsp3) is 0.133. The molecular weight excluding hydrogens is 308 g/mol. The summed E-state index contributed by atoms with van der Waals surface area (Å²) in [5, 5.41) is 0. The molecule has 1 aliphatic heterocycles. The molecule has 2 atom stereocenters. The van der Waals surface area contributed by atoms with Gasteiger partial charge in [0.2, 0.25) is 6.29 Å². The van der Waals surface area contributed by atoms with E-state index >= 15 is 0 Å². The van der Waals surface area contributed by atoms with Crippen LogP contribution in [0.4, 0.5) is 0 Å². The van der Waals surface area contributed by atoms with Crippen LogP contribution < -0.4 is 0 Å². The third-order valence-electron chi connectivity index (χ3n) is 2.94. The summed E-state index contributed by atoms with van der Waals surface area (Å²) >= 11 is 3.37. The molecule has 0 aliphatic carbocycles. The van der Waals surface area contributed by atoms with E-state index in [0.717, 1.165) is 15.6 Å². The standard InChI is InChI=1S/C15H11BrO3/c16-12-8-6-11(7-9-12)15-18-13(14(17)19-15)10-4-2-1-3-5-10/h1-9,13,15H. The minimum atomic E-state index is -0.644. The second kappa shape index (κ2) is 5.15. The number of esters is 1. The molecule has 1 fully saturated rings. The van der Waals surface area contributed by atoms with Crippen LogP contribution in [0.3, 0.4) is 0 Å². The lowest BCUT2D eigenvalue weighted by molar-refractivity contribution is -0.144. The second-order valence-electron chi connectivity index (χ2n) is 4.25. The highest BCUT2D eigenvalue weighted by molar-refractivity contribution is 9.10. The molecule has 1 saturated heterocycles. The summed E-state index contributed by atoms with van der Waals surface area (Å²) < 4.78 is 11.9. The van der Waals surface area contributed by atoms with Crippen molar-refractivity contribution < 1.29 is 14.3 Å². The highest BCUT2D eigenvalue weighted by Gasteiger charge is 2.37. The van der Waals surface area contributed by atoms with Crippen molar-refractivity contribution in [2.75, 3.05) is 0 Å². The molecule has 96 valence electrons. The monoisotopic (exact) mass is 318 g/mol. The van der Waals surface area contributed by atoms with E-state index in [0.29, 0.717) is 0 Å². The van der Waals surface area contributed by atoms with Gasteiger partial charge in [-0.3, -0.25) is 0 Å². The molecule has 1 aliphatic rings. The Labute approximate surface area is 119 Å². The van der Waals surface area contributed by atoms with Gasteiger partial charge in [-0.25, -0.2) is 4.79 Å². The van der Waals surface area contributed by atoms with Gasteiger partial charge in [0.25, 0.3) is 0 Å². The SMILES string of the molecule is O=C1OC(c2ccc(Br)cc2)OC1c1ccccc1. The number of hydrogen-bond donors (Lipinski definition) is 0. The molecule has 19 heavy (non-hydrogen) atoms. The first-order valence-corrected chi connectivity index (χ1v) is 6.70. The van der Waals surface area contributed by atoms with Gasteiger partial charge in [0.15, 0.2) is 6.10 Å². The highest BCUT2D eigenvalue weighted by atomic mass is 79.9. The summed E-state index contributed by atoms with van der Waals surface area (Å²) in [5.74, 6) is -0.348. The Kier molecular flexibility index (Phi) is 3.36. The Balaban J connectivity index is 1.82. The van der Waals surface area contributed by atoms with Gasteiger partial charge < -0.3 is 9.47 Å². The van der Waals surface area contributed by atoms with Crippen molar-refractivity contribution >= 4 is 21.9 Å². The van der Waals surface area contributed by atoms with E-state index in [4.69, 9.17) is 9.47 Å².